The predicted octanol–water partition coefficient (Wildman–Crippen LogP) is 2.41. The van der Waals surface area contributed by atoms with Crippen LogP contribution in [0.15, 0.2) is 24.3 Å². The molecule has 1 fully saturated rings. The smallest absolute Gasteiger partial charge is 0.225 e. The molecule has 1 aliphatic rings. The van der Waals surface area contributed by atoms with Crippen molar-refractivity contribution in [2.45, 2.75) is 39.4 Å². The first-order valence-electron chi connectivity index (χ1n) is 8.69. The average Bonchev–Trinajstić information content (AvgIpc) is 2.58. The van der Waals surface area contributed by atoms with Crippen molar-refractivity contribution in [3.63, 3.8) is 0 Å². The lowest BCUT2D eigenvalue weighted by atomic mass is 9.96. The normalized spacial score (nSPS) is 17.0. The maximum absolute atomic E-state index is 12.6. The molecular formula is C18H28N2O3S. The average molecular weight is 353 g/mol. The van der Waals surface area contributed by atoms with Crippen LogP contribution in [0.1, 0.15) is 37.8 Å². The Morgan fingerprint density at radius 3 is 2.17 bits per heavy atom. The number of benzene rings is 1. The van der Waals surface area contributed by atoms with Gasteiger partial charge in [-0.2, -0.15) is 0 Å². The van der Waals surface area contributed by atoms with Gasteiger partial charge in [-0.3, -0.25) is 4.79 Å². The monoisotopic (exact) mass is 352 g/mol. The molecule has 1 aromatic carbocycles. The second-order valence-corrected chi connectivity index (χ2v) is 8.39. The van der Waals surface area contributed by atoms with Crippen molar-refractivity contribution >= 4 is 15.9 Å². The zero-order valence-electron chi connectivity index (χ0n) is 14.9. The highest BCUT2D eigenvalue weighted by Crippen LogP contribution is 2.23. The number of carbonyl (C=O) groups is 1. The Morgan fingerprint density at radius 2 is 1.67 bits per heavy atom. The molecule has 0 bridgehead atoms. The molecule has 134 valence electrons. The van der Waals surface area contributed by atoms with Gasteiger partial charge < -0.3 is 4.90 Å². The molecule has 6 heteroatoms. The van der Waals surface area contributed by atoms with E-state index in [1.54, 1.807) is 4.31 Å². The molecule has 5 nitrogen and oxygen atoms in total. The van der Waals surface area contributed by atoms with Crippen LogP contribution in [-0.2, 0) is 20.6 Å². The molecule has 0 atom stereocenters. The third-order valence-corrected chi connectivity index (χ3v) is 6.59. The van der Waals surface area contributed by atoms with Crippen molar-refractivity contribution in [2.24, 2.45) is 5.92 Å². The van der Waals surface area contributed by atoms with E-state index in [0.29, 0.717) is 39.0 Å². The van der Waals surface area contributed by atoms with Crippen molar-refractivity contribution in [3.8, 4) is 0 Å². The first-order chi connectivity index (χ1) is 11.4. The summed E-state index contributed by atoms with van der Waals surface area (Å²) in [5, 5.41) is 0. The third kappa shape index (κ3) is 4.57. The van der Waals surface area contributed by atoms with E-state index >= 15 is 0 Å². The molecule has 0 aromatic heterocycles. The topological polar surface area (TPSA) is 57.7 Å². The van der Waals surface area contributed by atoms with Gasteiger partial charge in [-0.1, -0.05) is 29.8 Å². The van der Waals surface area contributed by atoms with Gasteiger partial charge in [0.1, 0.15) is 0 Å². The van der Waals surface area contributed by atoms with Crippen LogP contribution >= 0.6 is 0 Å². The number of nitrogens with zero attached hydrogens (tertiary/aromatic N) is 2. The van der Waals surface area contributed by atoms with Gasteiger partial charge in [0, 0.05) is 32.1 Å². The molecular weight excluding hydrogens is 324 g/mol. The number of hydrogen-bond acceptors (Lipinski definition) is 3. The fourth-order valence-corrected chi connectivity index (χ4v) is 4.72. The molecule has 1 amide bonds. The summed E-state index contributed by atoms with van der Waals surface area (Å²) < 4.78 is 26.7. The predicted molar refractivity (Wildman–Crippen MR) is 96.0 cm³/mol. The molecule has 1 heterocycles. The van der Waals surface area contributed by atoms with Crippen LogP contribution in [0.2, 0.25) is 0 Å². The number of rotatable bonds is 6. The number of hydrogen-bond donors (Lipinski definition) is 0. The van der Waals surface area contributed by atoms with Gasteiger partial charge in [-0.25, -0.2) is 12.7 Å². The molecule has 0 spiro atoms. The first-order valence-corrected chi connectivity index (χ1v) is 10.3. The highest BCUT2D eigenvalue weighted by Gasteiger charge is 2.32. The quantitative estimate of drug-likeness (QED) is 0.790. The van der Waals surface area contributed by atoms with Crippen LogP contribution in [-0.4, -0.2) is 49.7 Å². The van der Waals surface area contributed by atoms with Crippen molar-refractivity contribution in [1.29, 1.82) is 0 Å². The summed E-state index contributed by atoms with van der Waals surface area (Å²) in [6.07, 6.45) is 1.23. The number of piperidine rings is 1. The Morgan fingerprint density at radius 1 is 1.12 bits per heavy atom. The Labute approximate surface area is 145 Å². The Balaban J connectivity index is 1.95. The molecule has 2 rings (SSSR count). The van der Waals surface area contributed by atoms with E-state index in [-0.39, 0.29) is 17.6 Å². The lowest BCUT2D eigenvalue weighted by Gasteiger charge is -2.33. The summed E-state index contributed by atoms with van der Waals surface area (Å²) in [5.41, 5.74) is 1.92. The van der Waals surface area contributed by atoms with Crippen LogP contribution in [0.4, 0.5) is 0 Å². The molecule has 0 N–H and O–H groups in total. The van der Waals surface area contributed by atoms with Crippen molar-refractivity contribution in [2.75, 3.05) is 26.2 Å². The SMILES string of the molecule is CCN(CC)C(=O)C1CCN(S(=O)(=O)Cc2ccc(C)cc2)CC1. The molecule has 1 aliphatic heterocycles. The summed E-state index contributed by atoms with van der Waals surface area (Å²) in [7, 11) is -3.32. The molecule has 1 aromatic rings. The summed E-state index contributed by atoms with van der Waals surface area (Å²) >= 11 is 0. The lowest BCUT2D eigenvalue weighted by molar-refractivity contribution is -0.136. The van der Waals surface area contributed by atoms with Crippen molar-refractivity contribution < 1.29 is 13.2 Å². The fraction of sp³-hybridized carbons (Fsp3) is 0.611. The number of aryl methyl sites for hydroxylation is 1. The molecule has 0 radical (unpaired) electrons. The van der Waals surface area contributed by atoms with E-state index in [2.05, 4.69) is 0 Å². The fourth-order valence-electron chi connectivity index (χ4n) is 3.16. The van der Waals surface area contributed by atoms with Crippen LogP contribution in [0, 0.1) is 12.8 Å². The molecule has 0 unspecified atom stereocenters. The molecule has 24 heavy (non-hydrogen) atoms. The van der Waals surface area contributed by atoms with Gasteiger partial charge in [0.05, 0.1) is 5.75 Å². The van der Waals surface area contributed by atoms with Crippen LogP contribution in [0.5, 0.6) is 0 Å². The second kappa shape index (κ2) is 8.12. The summed E-state index contributed by atoms with van der Waals surface area (Å²) in [6.45, 7) is 8.22. The summed E-state index contributed by atoms with van der Waals surface area (Å²) in [4.78, 5) is 14.2. The van der Waals surface area contributed by atoms with Gasteiger partial charge >= 0.3 is 0 Å². The summed E-state index contributed by atoms with van der Waals surface area (Å²) in [6, 6.07) is 7.59. The Bertz CT molecular complexity index is 643. The van der Waals surface area contributed by atoms with Gasteiger partial charge in [0.15, 0.2) is 0 Å². The zero-order chi connectivity index (χ0) is 17.7. The minimum absolute atomic E-state index is 0.0297. The second-order valence-electron chi connectivity index (χ2n) is 6.43. The van der Waals surface area contributed by atoms with E-state index < -0.39 is 10.0 Å². The highest BCUT2D eigenvalue weighted by molar-refractivity contribution is 7.88. The molecule has 0 aliphatic carbocycles. The molecule has 1 saturated heterocycles. The van der Waals surface area contributed by atoms with Gasteiger partial charge in [-0.05, 0) is 39.2 Å². The van der Waals surface area contributed by atoms with E-state index in [9.17, 15) is 13.2 Å². The Hall–Kier alpha value is -1.40. The lowest BCUT2D eigenvalue weighted by Crippen LogP contribution is -2.44. The maximum atomic E-state index is 12.6. The number of amides is 1. The summed E-state index contributed by atoms with van der Waals surface area (Å²) in [5.74, 6) is 0.147. The Kier molecular flexibility index (Phi) is 6.40. The van der Waals surface area contributed by atoms with Crippen LogP contribution < -0.4 is 0 Å². The van der Waals surface area contributed by atoms with Crippen molar-refractivity contribution in [3.05, 3.63) is 35.4 Å². The largest absolute Gasteiger partial charge is 0.343 e. The van der Waals surface area contributed by atoms with Crippen LogP contribution in [0.3, 0.4) is 0 Å². The van der Waals surface area contributed by atoms with Crippen molar-refractivity contribution in [1.82, 2.24) is 9.21 Å². The minimum Gasteiger partial charge on any atom is -0.343 e. The van der Waals surface area contributed by atoms with Gasteiger partial charge in [0.2, 0.25) is 15.9 Å². The highest BCUT2D eigenvalue weighted by atomic mass is 32.2. The van der Waals surface area contributed by atoms with Crippen LogP contribution in [0.25, 0.3) is 0 Å². The van der Waals surface area contributed by atoms with E-state index in [1.807, 2.05) is 49.9 Å². The first kappa shape index (κ1) is 18.9. The number of carbonyl (C=O) groups excluding carboxylic acids is 1. The standard InChI is InChI=1S/C18H28N2O3S/c1-4-19(5-2)18(21)17-10-12-20(13-11-17)24(22,23)14-16-8-6-15(3)7-9-16/h6-9,17H,4-5,10-14H2,1-3H3. The van der Waals surface area contributed by atoms with Gasteiger partial charge in [-0.15, -0.1) is 0 Å². The molecule has 0 saturated carbocycles. The van der Waals surface area contributed by atoms with E-state index in [1.165, 1.54) is 0 Å². The zero-order valence-corrected chi connectivity index (χ0v) is 15.7. The third-order valence-electron chi connectivity index (χ3n) is 4.74. The van der Waals surface area contributed by atoms with E-state index in [0.717, 1.165) is 11.1 Å². The number of sulfonamides is 1. The minimum atomic E-state index is -3.32. The maximum Gasteiger partial charge on any atom is 0.225 e. The van der Waals surface area contributed by atoms with Gasteiger partial charge in [0.25, 0.3) is 0 Å². The van der Waals surface area contributed by atoms with E-state index in [4.69, 9.17) is 0 Å².